The maximum absolute atomic E-state index is 10.7. The maximum atomic E-state index is 10.7. The molecule has 0 aromatic carbocycles. The molecule has 2 heterocycles. The fourth-order valence-corrected chi connectivity index (χ4v) is 2.01. The summed E-state index contributed by atoms with van der Waals surface area (Å²) in [6.45, 7) is 7.58. The molecule has 0 saturated carbocycles. The quantitative estimate of drug-likeness (QED) is 0.646. The molecule has 21 heavy (non-hydrogen) atoms. The number of aliphatic carboxylic acids is 1. The van der Waals surface area contributed by atoms with Gasteiger partial charge in [-0.2, -0.15) is 0 Å². The van der Waals surface area contributed by atoms with Crippen molar-refractivity contribution in [1.82, 2.24) is 9.97 Å². The summed E-state index contributed by atoms with van der Waals surface area (Å²) in [5, 5.41) is 9.23. The molecule has 0 spiro atoms. The zero-order chi connectivity index (χ0) is 15.8. The molecule has 0 atom stereocenters. The minimum absolute atomic E-state index is 0.0326. The highest BCUT2D eigenvalue weighted by Crippen LogP contribution is 2.27. The summed E-state index contributed by atoms with van der Waals surface area (Å²) in [4.78, 5) is 19.2. The third-order valence-corrected chi connectivity index (χ3v) is 3.19. The zero-order valence-electron chi connectivity index (χ0n) is 11.9. The molecule has 0 fully saturated rings. The van der Waals surface area contributed by atoms with Crippen molar-refractivity contribution in [1.29, 1.82) is 0 Å². The summed E-state index contributed by atoms with van der Waals surface area (Å²) in [5.74, 6) is -0.513. The van der Waals surface area contributed by atoms with Crippen LogP contribution in [0.5, 0.6) is 0 Å². The second-order valence-electron chi connectivity index (χ2n) is 3.52. The number of hydrogen-bond donors (Lipinski definition) is 2. The fraction of sp³-hybridized carbons (Fsp3) is 0.214. The molecular weight excluding hydrogens is 290 g/mol. The lowest BCUT2D eigenvalue weighted by Gasteiger charge is -2.06. The van der Waals surface area contributed by atoms with Gasteiger partial charge in [-0.25, -0.2) is 14.8 Å². The molecule has 0 radical (unpaired) electrons. The van der Waals surface area contributed by atoms with Gasteiger partial charge in [-0.15, -0.1) is 0 Å². The van der Waals surface area contributed by atoms with Crippen LogP contribution >= 0.6 is 11.8 Å². The van der Waals surface area contributed by atoms with Crippen LogP contribution in [0.25, 0.3) is 11.5 Å². The summed E-state index contributed by atoms with van der Waals surface area (Å²) >= 11 is 0.931. The molecule has 3 N–H and O–H groups in total. The van der Waals surface area contributed by atoms with Gasteiger partial charge in [-0.05, 0) is 12.1 Å². The number of carboxylic acids is 1. The first-order valence-electron chi connectivity index (χ1n) is 6.31. The number of nitrogens with two attached hydrogens (primary N) is 1. The molecule has 0 aliphatic carbocycles. The van der Waals surface area contributed by atoms with Crippen molar-refractivity contribution < 1.29 is 14.3 Å². The van der Waals surface area contributed by atoms with Gasteiger partial charge in [0.1, 0.15) is 10.7 Å². The Balaban J connectivity index is 0.00000106. The van der Waals surface area contributed by atoms with E-state index in [4.69, 9.17) is 15.3 Å². The number of nitrogens with zero attached hydrogens (tertiary/aromatic N) is 2. The second kappa shape index (κ2) is 8.23. The topological polar surface area (TPSA) is 102 Å². The van der Waals surface area contributed by atoms with E-state index in [-0.39, 0.29) is 11.4 Å². The van der Waals surface area contributed by atoms with Crippen LogP contribution in [0.2, 0.25) is 0 Å². The lowest BCUT2D eigenvalue weighted by Crippen LogP contribution is -2.05. The van der Waals surface area contributed by atoms with E-state index >= 15 is 0 Å². The lowest BCUT2D eigenvalue weighted by molar-refractivity contribution is -0.131. The molecule has 0 unspecified atom stereocenters. The highest BCUT2D eigenvalue weighted by Gasteiger charge is 2.14. The van der Waals surface area contributed by atoms with Crippen LogP contribution in [-0.4, -0.2) is 21.0 Å². The van der Waals surface area contributed by atoms with Crippen molar-refractivity contribution in [2.75, 3.05) is 0 Å². The first kappa shape index (κ1) is 16.9. The van der Waals surface area contributed by atoms with Crippen LogP contribution in [-0.2, 0) is 11.3 Å². The fourth-order valence-electron chi connectivity index (χ4n) is 1.34. The van der Waals surface area contributed by atoms with Crippen LogP contribution in [0.3, 0.4) is 0 Å². The molecular formula is C14H17N3O3S. The predicted octanol–water partition coefficient (Wildman–Crippen LogP) is 2.91. The smallest absolute Gasteiger partial charge is 0.341 e. The first-order chi connectivity index (χ1) is 10.1. The van der Waals surface area contributed by atoms with E-state index in [9.17, 15) is 4.79 Å². The van der Waals surface area contributed by atoms with Crippen LogP contribution < -0.4 is 5.73 Å². The SMILES string of the molecule is C=C(Sc1ncc(-c2ccco2)nc1CN)C(=O)O.CC. The standard InChI is InChI=1S/C12H11N3O3S.C2H6/c1-7(12(16)17)19-11-8(5-13)15-9(6-14-11)10-3-2-4-18-10;1-2/h2-4,6H,1,5,13H2,(H,16,17);1-2H3. The Bertz CT molecular complexity index is 612. The summed E-state index contributed by atoms with van der Waals surface area (Å²) in [7, 11) is 0. The molecule has 6 nitrogen and oxygen atoms in total. The molecule has 0 aliphatic rings. The van der Waals surface area contributed by atoms with Gasteiger partial charge in [0.2, 0.25) is 0 Å². The Hall–Kier alpha value is -2.12. The highest BCUT2D eigenvalue weighted by molar-refractivity contribution is 8.03. The van der Waals surface area contributed by atoms with Crippen LogP contribution in [0.4, 0.5) is 0 Å². The number of aromatic nitrogens is 2. The first-order valence-corrected chi connectivity index (χ1v) is 7.13. The number of furan rings is 1. The van der Waals surface area contributed by atoms with E-state index in [1.165, 1.54) is 12.5 Å². The van der Waals surface area contributed by atoms with Gasteiger partial charge in [-0.3, -0.25) is 0 Å². The Morgan fingerprint density at radius 3 is 2.76 bits per heavy atom. The van der Waals surface area contributed by atoms with Crippen molar-refractivity contribution in [3.8, 4) is 11.5 Å². The maximum Gasteiger partial charge on any atom is 0.341 e. The summed E-state index contributed by atoms with van der Waals surface area (Å²) < 4.78 is 5.22. The molecule has 2 aromatic heterocycles. The van der Waals surface area contributed by atoms with Gasteiger partial charge in [-0.1, -0.05) is 32.2 Å². The van der Waals surface area contributed by atoms with Crippen molar-refractivity contribution in [3.05, 3.63) is 41.8 Å². The van der Waals surface area contributed by atoms with Gasteiger partial charge in [0, 0.05) is 6.54 Å². The van der Waals surface area contributed by atoms with Gasteiger partial charge in [0.05, 0.1) is 23.1 Å². The van der Waals surface area contributed by atoms with Gasteiger partial charge >= 0.3 is 5.97 Å². The number of thioether (sulfide) groups is 1. The van der Waals surface area contributed by atoms with E-state index < -0.39 is 5.97 Å². The van der Waals surface area contributed by atoms with Crippen molar-refractivity contribution >= 4 is 17.7 Å². The molecule has 0 saturated heterocycles. The van der Waals surface area contributed by atoms with E-state index in [2.05, 4.69) is 16.5 Å². The van der Waals surface area contributed by atoms with E-state index in [0.29, 0.717) is 22.2 Å². The lowest BCUT2D eigenvalue weighted by atomic mass is 10.3. The van der Waals surface area contributed by atoms with Crippen molar-refractivity contribution in [2.45, 2.75) is 25.4 Å². The number of carboxylic acid groups (broad SMARTS) is 1. The third kappa shape index (κ3) is 4.44. The van der Waals surface area contributed by atoms with Gasteiger partial charge < -0.3 is 15.3 Å². The molecule has 0 amide bonds. The summed E-state index contributed by atoms with van der Waals surface area (Å²) in [5.41, 5.74) is 6.65. The molecule has 7 heteroatoms. The Morgan fingerprint density at radius 1 is 1.52 bits per heavy atom. The monoisotopic (exact) mass is 307 g/mol. The van der Waals surface area contributed by atoms with E-state index in [0.717, 1.165) is 11.8 Å². The predicted molar refractivity (Wildman–Crippen MR) is 81.6 cm³/mol. The second-order valence-corrected chi connectivity index (χ2v) is 4.60. The minimum Gasteiger partial charge on any atom is -0.477 e. The van der Waals surface area contributed by atoms with E-state index in [1.807, 2.05) is 13.8 Å². The number of rotatable bonds is 5. The highest BCUT2D eigenvalue weighted by atomic mass is 32.2. The molecule has 2 rings (SSSR count). The third-order valence-electron chi connectivity index (χ3n) is 2.23. The van der Waals surface area contributed by atoms with Crippen LogP contribution in [0.1, 0.15) is 19.5 Å². The van der Waals surface area contributed by atoms with E-state index in [1.54, 1.807) is 12.1 Å². The molecule has 0 aliphatic heterocycles. The van der Waals surface area contributed by atoms with Gasteiger partial charge in [0.15, 0.2) is 5.76 Å². The summed E-state index contributed by atoms with van der Waals surface area (Å²) in [6.07, 6.45) is 3.05. The Kier molecular flexibility index (Phi) is 6.64. The van der Waals surface area contributed by atoms with Gasteiger partial charge in [0.25, 0.3) is 0 Å². The largest absolute Gasteiger partial charge is 0.477 e. The molecule has 0 bridgehead atoms. The summed E-state index contributed by atoms with van der Waals surface area (Å²) in [6, 6.07) is 3.50. The molecule has 2 aromatic rings. The zero-order valence-corrected chi connectivity index (χ0v) is 12.7. The van der Waals surface area contributed by atoms with Crippen molar-refractivity contribution in [2.24, 2.45) is 5.73 Å². The normalized spacial score (nSPS) is 9.67. The number of hydrogen-bond acceptors (Lipinski definition) is 6. The Morgan fingerprint density at radius 2 is 2.24 bits per heavy atom. The van der Waals surface area contributed by atoms with Crippen molar-refractivity contribution in [3.63, 3.8) is 0 Å². The average molecular weight is 307 g/mol. The number of carbonyl (C=O) groups is 1. The minimum atomic E-state index is -1.09. The van der Waals surface area contributed by atoms with Crippen LogP contribution in [0.15, 0.2) is 45.5 Å². The average Bonchev–Trinajstić information content (AvgIpc) is 3.03. The van der Waals surface area contributed by atoms with Crippen LogP contribution in [0, 0.1) is 0 Å². The Labute approximate surface area is 127 Å². The molecule has 112 valence electrons.